The summed E-state index contributed by atoms with van der Waals surface area (Å²) in [6.07, 6.45) is 0. The van der Waals surface area contributed by atoms with Crippen LogP contribution in [0.3, 0.4) is 0 Å². The van der Waals surface area contributed by atoms with Crippen molar-refractivity contribution < 1.29 is 59.1 Å². The van der Waals surface area contributed by atoms with Crippen molar-refractivity contribution in [2.24, 2.45) is 0 Å². The summed E-state index contributed by atoms with van der Waals surface area (Å²) in [4.78, 5) is 0. The molecule has 0 saturated carbocycles. The third-order valence-electron chi connectivity index (χ3n) is 0.306. The van der Waals surface area contributed by atoms with Crippen molar-refractivity contribution >= 4 is 0 Å². The van der Waals surface area contributed by atoms with Gasteiger partial charge in [-0.25, -0.2) is 0 Å². The van der Waals surface area contributed by atoms with Crippen molar-refractivity contribution in [3.63, 3.8) is 0 Å². The van der Waals surface area contributed by atoms with E-state index in [0.29, 0.717) is 0 Å². The Bertz CT molecular complexity index is 24.9. The van der Waals surface area contributed by atoms with Gasteiger partial charge in [0, 0.05) is 0 Å². The predicted octanol–water partition coefficient (Wildman–Crippen LogP) is -4.51. The Labute approximate surface area is 89.0 Å². The standard InChI is InChI=1S/C3H8N2.2Na/c1-3(5)2-4;;/h3-5H,2H2,1H3;;/q-2;2*+1. The summed E-state index contributed by atoms with van der Waals surface area (Å²) in [5.74, 6) is 0. The molecule has 0 aliphatic heterocycles. The third kappa shape index (κ3) is 18.1. The smallest absolute Gasteiger partial charge is 0.679 e. The van der Waals surface area contributed by atoms with Crippen LogP contribution in [0.1, 0.15) is 6.92 Å². The quantitative estimate of drug-likeness (QED) is 0.311. The van der Waals surface area contributed by atoms with Gasteiger partial charge >= 0.3 is 59.1 Å². The minimum absolute atomic E-state index is 0. The van der Waals surface area contributed by atoms with Crippen molar-refractivity contribution in [3.05, 3.63) is 11.5 Å². The fourth-order valence-corrected chi connectivity index (χ4v) is 0. The van der Waals surface area contributed by atoms with Crippen LogP contribution in [-0.2, 0) is 0 Å². The molecule has 0 aliphatic rings. The summed E-state index contributed by atoms with van der Waals surface area (Å²) in [5, 5.41) is 0. The van der Waals surface area contributed by atoms with Gasteiger partial charge in [-0.05, 0) is 0 Å². The van der Waals surface area contributed by atoms with Crippen molar-refractivity contribution in [2.75, 3.05) is 6.54 Å². The van der Waals surface area contributed by atoms with Gasteiger partial charge in [0.05, 0.1) is 0 Å². The van der Waals surface area contributed by atoms with Crippen LogP contribution in [0.5, 0.6) is 0 Å². The molecule has 0 aromatic carbocycles. The molecule has 2 nitrogen and oxygen atoms in total. The van der Waals surface area contributed by atoms with Crippen LogP contribution in [-0.4, -0.2) is 12.6 Å². The van der Waals surface area contributed by atoms with Crippen molar-refractivity contribution in [1.29, 1.82) is 0 Å². The van der Waals surface area contributed by atoms with Gasteiger partial charge in [-0.1, -0.05) is 6.92 Å². The maximum atomic E-state index is 6.64. The average molecular weight is 118 g/mol. The van der Waals surface area contributed by atoms with E-state index in [1.165, 1.54) is 0 Å². The Morgan fingerprint density at radius 1 is 1.43 bits per heavy atom. The number of hydrogen-bond acceptors (Lipinski definition) is 0. The second-order valence-corrected chi connectivity index (χ2v) is 1.11. The summed E-state index contributed by atoms with van der Waals surface area (Å²) in [7, 11) is 0. The van der Waals surface area contributed by atoms with Crippen molar-refractivity contribution in [1.82, 2.24) is 0 Å². The molecule has 7 heavy (non-hydrogen) atoms. The van der Waals surface area contributed by atoms with Crippen LogP contribution in [0, 0.1) is 0 Å². The van der Waals surface area contributed by atoms with Gasteiger partial charge in [0.2, 0.25) is 0 Å². The number of rotatable bonds is 1. The number of hydrogen-bond donors (Lipinski definition) is 0. The van der Waals surface area contributed by atoms with Gasteiger partial charge in [0.15, 0.2) is 0 Å². The second-order valence-electron chi connectivity index (χ2n) is 1.11. The fraction of sp³-hybridized carbons (Fsp3) is 1.00. The third-order valence-corrected chi connectivity index (χ3v) is 0.306. The summed E-state index contributed by atoms with van der Waals surface area (Å²) in [5.41, 5.74) is 13.1. The molecular formula is C3H8N2Na2. The van der Waals surface area contributed by atoms with E-state index in [9.17, 15) is 0 Å². The first-order valence-electron chi connectivity index (χ1n) is 1.63. The second kappa shape index (κ2) is 10.8. The van der Waals surface area contributed by atoms with E-state index >= 15 is 0 Å². The fourth-order valence-electron chi connectivity index (χ4n) is 0. The predicted molar refractivity (Wildman–Crippen MR) is 23.0 cm³/mol. The molecule has 2 N–H and O–H groups in total. The molecule has 0 amide bonds. The summed E-state index contributed by atoms with van der Waals surface area (Å²) >= 11 is 0. The molecule has 4 heteroatoms. The summed E-state index contributed by atoms with van der Waals surface area (Å²) < 4.78 is 0. The van der Waals surface area contributed by atoms with E-state index in [1.807, 2.05) is 0 Å². The number of nitrogens with one attached hydrogen (secondary N) is 2. The first-order valence-corrected chi connectivity index (χ1v) is 1.63. The Kier molecular flexibility index (Phi) is 24.7. The normalized spacial score (nSPS) is 10.7. The van der Waals surface area contributed by atoms with E-state index in [1.54, 1.807) is 6.92 Å². The Morgan fingerprint density at radius 2 is 1.57 bits per heavy atom. The molecule has 0 saturated heterocycles. The minimum atomic E-state index is -0.199. The van der Waals surface area contributed by atoms with Gasteiger partial charge in [-0.2, -0.15) is 12.6 Å². The van der Waals surface area contributed by atoms with Crippen LogP contribution in [0.25, 0.3) is 11.5 Å². The molecule has 0 radical (unpaired) electrons. The zero-order valence-electron chi connectivity index (χ0n) is 5.28. The first-order chi connectivity index (χ1) is 2.27. The molecule has 0 aromatic rings. The molecule has 0 spiro atoms. The van der Waals surface area contributed by atoms with Gasteiger partial charge in [0.1, 0.15) is 0 Å². The first kappa shape index (κ1) is 16.0. The molecule has 32 valence electrons. The van der Waals surface area contributed by atoms with E-state index in [-0.39, 0.29) is 71.7 Å². The zero-order valence-corrected chi connectivity index (χ0v) is 9.28. The van der Waals surface area contributed by atoms with Gasteiger partial charge in [0.25, 0.3) is 0 Å². The molecule has 0 bridgehead atoms. The van der Waals surface area contributed by atoms with Crippen LogP contribution in [0.4, 0.5) is 0 Å². The van der Waals surface area contributed by atoms with Crippen molar-refractivity contribution in [2.45, 2.75) is 13.0 Å². The van der Waals surface area contributed by atoms with Gasteiger partial charge in [-0.3, -0.25) is 0 Å². The Balaban J connectivity index is -0.0000000800. The van der Waals surface area contributed by atoms with E-state index in [0.717, 1.165) is 0 Å². The maximum Gasteiger partial charge on any atom is 1.00 e. The van der Waals surface area contributed by atoms with Crippen LogP contribution >= 0.6 is 0 Å². The molecule has 0 heterocycles. The minimum Gasteiger partial charge on any atom is -0.679 e. The summed E-state index contributed by atoms with van der Waals surface area (Å²) in [6.45, 7) is 1.92. The molecule has 0 aliphatic carbocycles. The Hall–Kier alpha value is 1.92. The summed E-state index contributed by atoms with van der Waals surface area (Å²) in [6, 6.07) is -0.199. The molecule has 0 aromatic heterocycles. The Morgan fingerprint density at radius 3 is 1.57 bits per heavy atom. The molecule has 1 atom stereocenters. The molecule has 0 fully saturated rings. The maximum absolute atomic E-state index is 6.64. The molecular weight excluding hydrogens is 110 g/mol. The van der Waals surface area contributed by atoms with Crippen LogP contribution in [0.15, 0.2) is 0 Å². The molecule has 0 rings (SSSR count). The topological polar surface area (TPSA) is 47.6 Å². The van der Waals surface area contributed by atoms with Crippen LogP contribution < -0.4 is 59.1 Å². The van der Waals surface area contributed by atoms with E-state index in [2.05, 4.69) is 0 Å². The van der Waals surface area contributed by atoms with Gasteiger partial charge < -0.3 is 11.5 Å². The zero-order chi connectivity index (χ0) is 4.28. The largest absolute Gasteiger partial charge is 1.00 e. The monoisotopic (exact) mass is 118 g/mol. The van der Waals surface area contributed by atoms with E-state index < -0.39 is 0 Å². The van der Waals surface area contributed by atoms with Gasteiger partial charge in [-0.15, -0.1) is 0 Å². The van der Waals surface area contributed by atoms with E-state index in [4.69, 9.17) is 11.5 Å². The average Bonchev–Trinajstić information content (AvgIpc) is 1.38. The van der Waals surface area contributed by atoms with Crippen molar-refractivity contribution in [3.8, 4) is 0 Å². The van der Waals surface area contributed by atoms with Crippen LogP contribution in [0.2, 0.25) is 0 Å². The molecule has 1 unspecified atom stereocenters. The SMILES string of the molecule is CC([NH-])C[NH-].[Na+].[Na+].